The highest BCUT2D eigenvalue weighted by molar-refractivity contribution is 7.13. The number of ether oxygens (including phenoxy) is 3. The second-order valence-corrected chi connectivity index (χ2v) is 7.34. The number of hydrogen-bond acceptors (Lipinski definition) is 7. The first-order valence-corrected chi connectivity index (χ1v) is 10.0. The van der Waals surface area contributed by atoms with E-state index in [1.165, 1.54) is 11.3 Å². The van der Waals surface area contributed by atoms with Gasteiger partial charge in [0.1, 0.15) is 22.9 Å². The fourth-order valence-corrected chi connectivity index (χ4v) is 3.99. The molecule has 1 N–H and O–H groups in total. The number of aromatic hydroxyl groups is 1. The molecule has 0 atom stereocenters. The monoisotopic (exact) mass is 421 g/mol. The van der Waals surface area contributed by atoms with Crippen LogP contribution in [0.3, 0.4) is 0 Å². The number of carbonyl (C=O) groups is 1. The second-order valence-electron chi connectivity index (χ2n) is 6.48. The SMILES string of the molecule is COc1cccc(-c2nc(COC(=O)c3cc4ccccc4cc3O)cs2)c1OC. The molecule has 7 heteroatoms. The van der Waals surface area contributed by atoms with Gasteiger partial charge in [0.25, 0.3) is 0 Å². The number of nitrogens with zero attached hydrogens (tertiary/aromatic N) is 1. The molecule has 1 heterocycles. The fourth-order valence-electron chi connectivity index (χ4n) is 3.16. The fraction of sp³-hybridized carbons (Fsp3) is 0.130. The number of methoxy groups -OCH3 is 2. The van der Waals surface area contributed by atoms with E-state index in [9.17, 15) is 9.90 Å². The Balaban J connectivity index is 1.52. The first-order chi connectivity index (χ1) is 14.6. The van der Waals surface area contributed by atoms with E-state index >= 15 is 0 Å². The summed E-state index contributed by atoms with van der Waals surface area (Å²) in [6, 6.07) is 16.2. The van der Waals surface area contributed by atoms with Gasteiger partial charge in [-0.1, -0.05) is 30.3 Å². The standard InChI is InChI=1S/C23H19NO5S/c1-27-20-9-5-8-17(21(20)28-2)22-24-16(13-30-22)12-29-23(26)18-10-14-6-3-4-7-15(14)11-19(18)25/h3-11,13,25H,12H2,1-2H3. The van der Waals surface area contributed by atoms with Crippen LogP contribution in [0.2, 0.25) is 0 Å². The lowest BCUT2D eigenvalue weighted by Gasteiger charge is -2.10. The van der Waals surface area contributed by atoms with Gasteiger partial charge in [-0.25, -0.2) is 9.78 Å². The summed E-state index contributed by atoms with van der Waals surface area (Å²) in [7, 11) is 3.16. The molecule has 0 aliphatic rings. The highest BCUT2D eigenvalue weighted by atomic mass is 32.1. The average Bonchev–Trinajstić information content (AvgIpc) is 3.25. The van der Waals surface area contributed by atoms with Crippen molar-refractivity contribution >= 4 is 28.1 Å². The number of fused-ring (bicyclic) bond motifs is 1. The van der Waals surface area contributed by atoms with Crippen molar-refractivity contribution in [3.63, 3.8) is 0 Å². The van der Waals surface area contributed by atoms with Crippen LogP contribution in [0.4, 0.5) is 0 Å². The van der Waals surface area contributed by atoms with Crippen LogP contribution >= 0.6 is 11.3 Å². The Kier molecular flexibility index (Phi) is 5.54. The minimum absolute atomic E-state index is 0.00607. The molecule has 0 aliphatic carbocycles. The van der Waals surface area contributed by atoms with Crippen molar-refractivity contribution in [3.05, 3.63) is 71.2 Å². The molecule has 0 radical (unpaired) electrons. The zero-order chi connectivity index (χ0) is 21.1. The number of para-hydroxylation sites is 1. The number of carbonyl (C=O) groups excluding carboxylic acids is 1. The number of thiazole rings is 1. The van der Waals surface area contributed by atoms with E-state index in [0.29, 0.717) is 17.2 Å². The summed E-state index contributed by atoms with van der Waals surface area (Å²) in [6.07, 6.45) is 0. The second kappa shape index (κ2) is 8.42. The van der Waals surface area contributed by atoms with Gasteiger partial charge in [-0.15, -0.1) is 11.3 Å². The Hall–Kier alpha value is -3.58. The molecular weight excluding hydrogens is 402 g/mol. The number of esters is 1. The van der Waals surface area contributed by atoms with Gasteiger partial charge in [0.15, 0.2) is 11.5 Å². The molecule has 3 aromatic carbocycles. The Morgan fingerprint density at radius 2 is 1.80 bits per heavy atom. The van der Waals surface area contributed by atoms with Crippen LogP contribution in [0.1, 0.15) is 16.1 Å². The van der Waals surface area contributed by atoms with Gasteiger partial charge in [-0.3, -0.25) is 0 Å². The Morgan fingerprint density at radius 3 is 2.53 bits per heavy atom. The van der Waals surface area contributed by atoms with Gasteiger partial charge >= 0.3 is 5.97 Å². The number of aromatic nitrogens is 1. The van der Waals surface area contributed by atoms with Crippen LogP contribution in [0.15, 0.2) is 60.0 Å². The number of phenolic OH excluding ortho intramolecular Hbond substituents is 1. The quantitative estimate of drug-likeness (QED) is 0.439. The zero-order valence-electron chi connectivity index (χ0n) is 16.4. The smallest absolute Gasteiger partial charge is 0.342 e. The first kappa shape index (κ1) is 19.7. The van der Waals surface area contributed by atoms with Crippen molar-refractivity contribution in [3.8, 4) is 27.8 Å². The van der Waals surface area contributed by atoms with Gasteiger partial charge in [-0.2, -0.15) is 0 Å². The van der Waals surface area contributed by atoms with Crippen LogP contribution in [0, 0.1) is 0 Å². The average molecular weight is 421 g/mol. The summed E-state index contributed by atoms with van der Waals surface area (Å²) in [5.74, 6) is 0.495. The molecule has 152 valence electrons. The predicted octanol–water partition coefficient (Wildman–Crippen LogP) is 5.04. The maximum absolute atomic E-state index is 12.5. The predicted molar refractivity (Wildman–Crippen MR) is 115 cm³/mol. The highest BCUT2D eigenvalue weighted by Gasteiger charge is 2.17. The lowest BCUT2D eigenvalue weighted by atomic mass is 10.1. The molecule has 0 saturated heterocycles. The maximum atomic E-state index is 12.5. The molecule has 0 bridgehead atoms. The minimum atomic E-state index is -0.605. The third-order valence-corrected chi connectivity index (χ3v) is 5.54. The lowest BCUT2D eigenvalue weighted by molar-refractivity contribution is 0.0465. The Labute approximate surface area is 177 Å². The summed E-state index contributed by atoms with van der Waals surface area (Å²) in [5.41, 5.74) is 1.53. The van der Waals surface area contributed by atoms with E-state index in [2.05, 4.69) is 4.98 Å². The van der Waals surface area contributed by atoms with E-state index in [4.69, 9.17) is 14.2 Å². The number of benzene rings is 3. The maximum Gasteiger partial charge on any atom is 0.342 e. The molecular formula is C23H19NO5S. The molecule has 0 spiro atoms. The third-order valence-electron chi connectivity index (χ3n) is 4.62. The molecule has 0 unspecified atom stereocenters. The topological polar surface area (TPSA) is 77.9 Å². The van der Waals surface area contributed by atoms with Crippen molar-refractivity contribution in [2.45, 2.75) is 6.61 Å². The van der Waals surface area contributed by atoms with Gasteiger partial charge in [0, 0.05) is 5.38 Å². The largest absolute Gasteiger partial charge is 0.507 e. The van der Waals surface area contributed by atoms with E-state index < -0.39 is 5.97 Å². The van der Waals surface area contributed by atoms with Crippen LogP contribution in [-0.4, -0.2) is 30.3 Å². The van der Waals surface area contributed by atoms with Crippen LogP contribution < -0.4 is 9.47 Å². The summed E-state index contributed by atoms with van der Waals surface area (Å²) >= 11 is 1.42. The molecule has 6 nitrogen and oxygen atoms in total. The number of phenols is 1. The Bertz CT molecular complexity index is 1220. The van der Waals surface area contributed by atoms with Crippen LogP contribution in [-0.2, 0) is 11.3 Å². The third kappa shape index (κ3) is 3.79. The van der Waals surface area contributed by atoms with Gasteiger partial charge < -0.3 is 19.3 Å². The summed E-state index contributed by atoms with van der Waals surface area (Å²) in [4.78, 5) is 17.0. The van der Waals surface area contributed by atoms with Crippen molar-refractivity contribution in [1.29, 1.82) is 0 Å². The molecule has 0 amide bonds. The van der Waals surface area contributed by atoms with E-state index in [-0.39, 0.29) is 17.9 Å². The van der Waals surface area contributed by atoms with Crippen molar-refractivity contribution in [1.82, 2.24) is 4.98 Å². The van der Waals surface area contributed by atoms with Crippen molar-refractivity contribution in [2.24, 2.45) is 0 Å². The molecule has 0 fully saturated rings. The summed E-state index contributed by atoms with van der Waals surface area (Å²) in [5, 5.41) is 14.4. The van der Waals surface area contributed by atoms with Gasteiger partial charge in [0.05, 0.1) is 25.5 Å². The number of rotatable bonds is 6. The first-order valence-electron chi connectivity index (χ1n) is 9.15. The molecule has 30 heavy (non-hydrogen) atoms. The molecule has 1 aromatic heterocycles. The zero-order valence-corrected chi connectivity index (χ0v) is 17.2. The number of hydrogen-bond donors (Lipinski definition) is 1. The van der Waals surface area contributed by atoms with Crippen LogP contribution in [0.25, 0.3) is 21.3 Å². The highest BCUT2D eigenvalue weighted by Crippen LogP contribution is 2.39. The van der Waals surface area contributed by atoms with E-state index in [1.54, 1.807) is 26.4 Å². The molecule has 4 aromatic rings. The normalized spacial score (nSPS) is 10.7. The van der Waals surface area contributed by atoms with Crippen molar-refractivity contribution < 1.29 is 24.1 Å². The van der Waals surface area contributed by atoms with E-state index in [1.807, 2.05) is 47.8 Å². The summed E-state index contributed by atoms with van der Waals surface area (Å²) in [6.45, 7) is -0.00607. The lowest BCUT2D eigenvalue weighted by Crippen LogP contribution is -2.06. The molecule has 0 saturated carbocycles. The molecule has 0 aliphatic heterocycles. The van der Waals surface area contributed by atoms with Gasteiger partial charge in [-0.05, 0) is 35.0 Å². The van der Waals surface area contributed by atoms with Crippen molar-refractivity contribution in [2.75, 3.05) is 14.2 Å². The van der Waals surface area contributed by atoms with Gasteiger partial charge in [0.2, 0.25) is 0 Å². The summed E-state index contributed by atoms with van der Waals surface area (Å²) < 4.78 is 16.2. The van der Waals surface area contributed by atoms with Crippen LogP contribution in [0.5, 0.6) is 17.2 Å². The molecule has 4 rings (SSSR count). The minimum Gasteiger partial charge on any atom is -0.507 e. The van der Waals surface area contributed by atoms with E-state index in [0.717, 1.165) is 21.3 Å². The Morgan fingerprint density at radius 1 is 1.03 bits per heavy atom.